The molecule has 0 atom stereocenters. The van der Waals surface area contributed by atoms with Gasteiger partial charge in [-0.3, -0.25) is 25.2 Å². The summed E-state index contributed by atoms with van der Waals surface area (Å²) in [6.07, 6.45) is 2.81. The van der Waals surface area contributed by atoms with Crippen LogP contribution in [0.1, 0.15) is 29.0 Å². The van der Waals surface area contributed by atoms with Gasteiger partial charge in [0.2, 0.25) is 0 Å². The quantitative estimate of drug-likeness (QED) is 0.495. The van der Waals surface area contributed by atoms with Crippen molar-refractivity contribution in [2.45, 2.75) is 29.5 Å². The topological polar surface area (TPSA) is 135 Å². The highest BCUT2D eigenvalue weighted by Crippen LogP contribution is 2.20. The SMILES string of the molecule is O=C(NNC(=O)c1occc1CS(=O)(=O)c1ccccc1)C(=O)NC1CC1. The predicted octanol–water partition coefficient (Wildman–Crippen LogP) is 0.293. The van der Waals surface area contributed by atoms with Crippen LogP contribution < -0.4 is 16.2 Å². The minimum absolute atomic E-state index is 0.00109. The number of carbonyl (C=O) groups excluding carboxylic acids is 3. The van der Waals surface area contributed by atoms with Gasteiger partial charge in [0.15, 0.2) is 15.6 Å². The van der Waals surface area contributed by atoms with Gasteiger partial charge in [-0.15, -0.1) is 0 Å². The summed E-state index contributed by atoms with van der Waals surface area (Å²) >= 11 is 0. The molecule has 1 fully saturated rings. The molecule has 9 nitrogen and oxygen atoms in total. The van der Waals surface area contributed by atoms with Gasteiger partial charge >= 0.3 is 17.7 Å². The summed E-state index contributed by atoms with van der Waals surface area (Å²) in [6, 6.07) is 9.14. The Kier molecular flexibility index (Phi) is 5.26. The molecule has 3 amide bonds. The lowest BCUT2D eigenvalue weighted by molar-refractivity contribution is -0.139. The lowest BCUT2D eigenvalue weighted by atomic mass is 10.3. The number of rotatable bonds is 5. The average molecular weight is 391 g/mol. The Labute approximate surface area is 155 Å². The Bertz CT molecular complexity index is 964. The summed E-state index contributed by atoms with van der Waals surface area (Å²) in [7, 11) is -3.68. The third-order valence-corrected chi connectivity index (χ3v) is 5.49. The maximum Gasteiger partial charge on any atom is 0.327 e. The monoisotopic (exact) mass is 391 g/mol. The van der Waals surface area contributed by atoms with Crippen molar-refractivity contribution in [2.24, 2.45) is 0 Å². The Morgan fingerprint density at radius 2 is 1.70 bits per heavy atom. The Balaban J connectivity index is 1.63. The summed E-state index contributed by atoms with van der Waals surface area (Å²) < 4.78 is 29.9. The van der Waals surface area contributed by atoms with E-state index in [-0.39, 0.29) is 22.3 Å². The number of benzene rings is 1. The van der Waals surface area contributed by atoms with Crippen molar-refractivity contribution in [3.05, 3.63) is 54.0 Å². The summed E-state index contributed by atoms with van der Waals surface area (Å²) in [6.45, 7) is 0. The van der Waals surface area contributed by atoms with Gasteiger partial charge in [-0.1, -0.05) is 18.2 Å². The van der Waals surface area contributed by atoms with Crippen molar-refractivity contribution < 1.29 is 27.2 Å². The van der Waals surface area contributed by atoms with Crippen LogP contribution in [0.2, 0.25) is 0 Å². The van der Waals surface area contributed by atoms with E-state index in [4.69, 9.17) is 4.42 Å². The summed E-state index contributed by atoms with van der Waals surface area (Å²) in [4.78, 5) is 35.4. The molecule has 1 aromatic carbocycles. The van der Waals surface area contributed by atoms with Crippen LogP contribution in [0.15, 0.2) is 52.0 Å². The molecule has 1 aromatic heterocycles. The van der Waals surface area contributed by atoms with E-state index in [1.807, 2.05) is 10.9 Å². The first-order valence-corrected chi connectivity index (χ1v) is 9.77. The molecule has 1 saturated carbocycles. The molecule has 0 spiro atoms. The highest BCUT2D eigenvalue weighted by molar-refractivity contribution is 7.90. The first-order chi connectivity index (χ1) is 12.9. The highest BCUT2D eigenvalue weighted by atomic mass is 32.2. The smallest absolute Gasteiger partial charge is 0.327 e. The molecule has 2 aromatic rings. The van der Waals surface area contributed by atoms with Crippen LogP contribution in [0, 0.1) is 0 Å². The number of nitrogens with one attached hydrogen (secondary N) is 3. The summed E-state index contributed by atoms with van der Waals surface area (Å²) in [5, 5.41) is 2.47. The molecule has 1 aliphatic rings. The first kappa shape index (κ1) is 18.6. The second kappa shape index (κ2) is 7.62. The molecule has 3 rings (SSSR count). The third kappa shape index (κ3) is 4.73. The normalized spacial score (nSPS) is 13.6. The molecule has 0 saturated heterocycles. The van der Waals surface area contributed by atoms with Crippen LogP contribution in [0.5, 0.6) is 0 Å². The molecule has 3 N–H and O–H groups in total. The van der Waals surface area contributed by atoms with Gasteiger partial charge in [-0.25, -0.2) is 8.42 Å². The number of hydrogen-bond acceptors (Lipinski definition) is 6. The Hall–Kier alpha value is -3.14. The molecule has 10 heteroatoms. The molecule has 0 unspecified atom stereocenters. The molecule has 0 bridgehead atoms. The van der Waals surface area contributed by atoms with E-state index in [9.17, 15) is 22.8 Å². The van der Waals surface area contributed by atoms with E-state index < -0.39 is 33.3 Å². The van der Waals surface area contributed by atoms with E-state index in [1.54, 1.807) is 18.2 Å². The van der Waals surface area contributed by atoms with Gasteiger partial charge in [0.1, 0.15) is 0 Å². The second-order valence-corrected chi connectivity index (χ2v) is 7.99. The van der Waals surface area contributed by atoms with E-state index >= 15 is 0 Å². The molecular formula is C17H17N3O6S. The van der Waals surface area contributed by atoms with E-state index in [0.29, 0.717) is 0 Å². The fourth-order valence-electron chi connectivity index (χ4n) is 2.27. The van der Waals surface area contributed by atoms with Crippen molar-refractivity contribution in [2.75, 3.05) is 0 Å². The fraction of sp³-hybridized carbons (Fsp3) is 0.235. The van der Waals surface area contributed by atoms with E-state index in [0.717, 1.165) is 12.8 Å². The number of amides is 3. The van der Waals surface area contributed by atoms with E-state index in [2.05, 4.69) is 5.32 Å². The van der Waals surface area contributed by atoms with Crippen LogP contribution in [0.4, 0.5) is 0 Å². The molecule has 0 radical (unpaired) electrons. The molecular weight excluding hydrogens is 374 g/mol. The molecule has 1 heterocycles. The van der Waals surface area contributed by atoms with Crippen molar-refractivity contribution in [1.29, 1.82) is 0 Å². The lowest BCUT2D eigenvalue weighted by Gasteiger charge is -2.08. The van der Waals surface area contributed by atoms with E-state index in [1.165, 1.54) is 24.5 Å². The number of sulfone groups is 1. The van der Waals surface area contributed by atoms with Crippen molar-refractivity contribution in [3.8, 4) is 0 Å². The standard InChI is InChI=1S/C17H17N3O6S/c21-15(19-20-17(23)16(22)18-12-6-7-12)14-11(8-9-26-14)10-27(24,25)13-4-2-1-3-5-13/h1-5,8-9,12H,6-7,10H2,(H,18,22)(H,19,21)(H,20,23). The van der Waals surface area contributed by atoms with Gasteiger partial charge in [0.05, 0.1) is 16.9 Å². The fourth-order valence-corrected chi connectivity index (χ4v) is 3.65. The summed E-state index contributed by atoms with van der Waals surface area (Å²) in [5.41, 5.74) is 4.14. The van der Waals surface area contributed by atoms with Crippen LogP contribution in [-0.4, -0.2) is 32.2 Å². The molecule has 27 heavy (non-hydrogen) atoms. The second-order valence-electron chi connectivity index (χ2n) is 6.00. The zero-order valence-electron chi connectivity index (χ0n) is 14.1. The Morgan fingerprint density at radius 3 is 2.37 bits per heavy atom. The maximum atomic E-state index is 12.4. The minimum atomic E-state index is -3.68. The molecule has 142 valence electrons. The van der Waals surface area contributed by atoms with Gasteiger partial charge < -0.3 is 9.73 Å². The van der Waals surface area contributed by atoms with Crippen LogP contribution in [-0.2, 0) is 25.2 Å². The van der Waals surface area contributed by atoms with Gasteiger partial charge in [0.25, 0.3) is 0 Å². The van der Waals surface area contributed by atoms with Gasteiger partial charge in [-0.05, 0) is 31.0 Å². The van der Waals surface area contributed by atoms with Crippen LogP contribution in [0.25, 0.3) is 0 Å². The Morgan fingerprint density at radius 1 is 1.00 bits per heavy atom. The lowest BCUT2D eigenvalue weighted by Crippen LogP contribution is -2.49. The van der Waals surface area contributed by atoms with Gasteiger partial charge in [0, 0.05) is 11.6 Å². The third-order valence-electron chi connectivity index (χ3n) is 3.81. The van der Waals surface area contributed by atoms with Crippen LogP contribution in [0.3, 0.4) is 0 Å². The molecule has 1 aliphatic carbocycles. The highest BCUT2D eigenvalue weighted by Gasteiger charge is 2.27. The predicted molar refractivity (Wildman–Crippen MR) is 92.8 cm³/mol. The van der Waals surface area contributed by atoms with Crippen molar-refractivity contribution >= 4 is 27.6 Å². The summed E-state index contributed by atoms with van der Waals surface area (Å²) in [5.74, 6) is -3.47. The van der Waals surface area contributed by atoms with Crippen LogP contribution >= 0.6 is 0 Å². The maximum absolute atomic E-state index is 12.4. The largest absolute Gasteiger partial charge is 0.459 e. The van der Waals surface area contributed by atoms with Crippen molar-refractivity contribution in [1.82, 2.24) is 16.2 Å². The minimum Gasteiger partial charge on any atom is -0.459 e. The first-order valence-electron chi connectivity index (χ1n) is 8.12. The zero-order valence-corrected chi connectivity index (χ0v) is 14.9. The number of hydrogen-bond donors (Lipinski definition) is 3. The zero-order chi connectivity index (χ0) is 19.4. The molecule has 0 aliphatic heterocycles. The average Bonchev–Trinajstić information content (AvgIpc) is 3.35. The van der Waals surface area contributed by atoms with Crippen molar-refractivity contribution in [3.63, 3.8) is 0 Å². The number of furan rings is 1. The number of hydrazine groups is 1. The van der Waals surface area contributed by atoms with Gasteiger partial charge in [-0.2, -0.15) is 0 Å². The number of carbonyl (C=O) groups is 3.